The van der Waals surface area contributed by atoms with Gasteiger partial charge in [0.25, 0.3) is 0 Å². The lowest BCUT2D eigenvalue weighted by Gasteiger charge is -2.25. The quantitative estimate of drug-likeness (QED) is 0.168. The summed E-state index contributed by atoms with van der Waals surface area (Å²) in [5, 5.41) is 2.42. The summed E-state index contributed by atoms with van der Waals surface area (Å²) in [4.78, 5) is 12.6. The van der Waals surface area contributed by atoms with Crippen molar-refractivity contribution in [1.82, 2.24) is 14.5 Å². The van der Waals surface area contributed by atoms with Gasteiger partial charge in [0.2, 0.25) is 0 Å². The van der Waals surface area contributed by atoms with Gasteiger partial charge in [-0.3, -0.25) is 0 Å². The summed E-state index contributed by atoms with van der Waals surface area (Å²) in [6.07, 6.45) is 0. The number of hydrogen-bond acceptors (Lipinski definition) is 3. The van der Waals surface area contributed by atoms with Gasteiger partial charge in [0.15, 0.2) is 5.82 Å². The third-order valence-corrected chi connectivity index (χ3v) is 10.2. The van der Waals surface area contributed by atoms with E-state index < -0.39 is 0 Å². The van der Waals surface area contributed by atoms with E-state index in [9.17, 15) is 0 Å². The van der Waals surface area contributed by atoms with Crippen LogP contribution >= 0.6 is 0 Å². The highest BCUT2D eigenvalue weighted by molar-refractivity contribution is 6.10. The van der Waals surface area contributed by atoms with Crippen LogP contribution in [0.25, 0.3) is 61.4 Å². The number of aryl methyl sites for hydroxylation is 3. The summed E-state index contributed by atoms with van der Waals surface area (Å²) >= 11 is 0. The molecule has 9 aromatic rings. The number of rotatable bonds is 7. The summed E-state index contributed by atoms with van der Waals surface area (Å²) in [5.41, 5.74) is 15.4. The van der Waals surface area contributed by atoms with Crippen molar-refractivity contribution in [2.75, 3.05) is 4.90 Å². The van der Waals surface area contributed by atoms with E-state index in [1.54, 1.807) is 0 Å². The van der Waals surface area contributed by atoms with Gasteiger partial charge >= 0.3 is 0 Å². The highest BCUT2D eigenvalue weighted by Crippen LogP contribution is 2.40. The molecule has 4 nitrogen and oxygen atoms in total. The summed E-state index contributed by atoms with van der Waals surface area (Å²) in [5.74, 6) is 0.737. The van der Waals surface area contributed by atoms with Crippen LogP contribution in [0.5, 0.6) is 0 Å². The number of fused-ring (bicyclic) bond motifs is 3. The largest absolute Gasteiger partial charge is 0.310 e. The summed E-state index contributed by atoms with van der Waals surface area (Å²) in [6, 6.07) is 62.3. The minimum Gasteiger partial charge on any atom is -0.310 e. The maximum Gasteiger partial charge on any atom is 0.160 e. The molecule has 254 valence electrons. The maximum absolute atomic E-state index is 5.20. The third-order valence-electron chi connectivity index (χ3n) is 10.2. The number of hydrogen-bond donors (Lipinski definition) is 0. The number of anilines is 3. The Kier molecular flexibility index (Phi) is 8.13. The minimum absolute atomic E-state index is 0.737. The van der Waals surface area contributed by atoms with Crippen molar-refractivity contribution in [2.45, 2.75) is 20.8 Å². The van der Waals surface area contributed by atoms with Gasteiger partial charge in [0.05, 0.1) is 22.4 Å². The van der Waals surface area contributed by atoms with Crippen LogP contribution in [-0.4, -0.2) is 14.5 Å². The molecule has 2 heterocycles. The van der Waals surface area contributed by atoms with Crippen molar-refractivity contribution < 1.29 is 0 Å². The fourth-order valence-electron chi connectivity index (χ4n) is 7.58. The van der Waals surface area contributed by atoms with Crippen LogP contribution in [0.3, 0.4) is 0 Å². The van der Waals surface area contributed by atoms with Gasteiger partial charge in [0.1, 0.15) is 0 Å². The fourth-order valence-corrected chi connectivity index (χ4v) is 7.58. The Morgan fingerprint density at radius 1 is 0.396 bits per heavy atom. The van der Waals surface area contributed by atoms with E-state index in [0.717, 1.165) is 73.3 Å². The zero-order valence-electron chi connectivity index (χ0n) is 30.0. The van der Waals surface area contributed by atoms with Gasteiger partial charge in [-0.05, 0) is 104 Å². The molecular weight excluding hydrogens is 645 g/mol. The average molecular weight is 683 g/mol. The van der Waals surface area contributed by atoms with Crippen molar-refractivity contribution in [2.24, 2.45) is 0 Å². The van der Waals surface area contributed by atoms with Crippen LogP contribution in [0.15, 0.2) is 176 Å². The lowest BCUT2D eigenvalue weighted by molar-refractivity contribution is 1.15. The zero-order valence-corrected chi connectivity index (χ0v) is 30.0. The first-order valence-corrected chi connectivity index (χ1v) is 18.1. The van der Waals surface area contributed by atoms with Crippen molar-refractivity contribution in [1.29, 1.82) is 0 Å². The first-order valence-electron chi connectivity index (χ1n) is 18.1. The van der Waals surface area contributed by atoms with Crippen LogP contribution in [0, 0.1) is 20.8 Å². The molecule has 0 fully saturated rings. The molecule has 4 heteroatoms. The van der Waals surface area contributed by atoms with Gasteiger partial charge in [-0.1, -0.05) is 109 Å². The predicted octanol–water partition coefficient (Wildman–Crippen LogP) is 13.0. The normalized spacial score (nSPS) is 11.3. The second-order valence-electron chi connectivity index (χ2n) is 13.7. The van der Waals surface area contributed by atoms with Gasteiger partial charge in [-0.25, -0.2) is 9.97 Å². The lowest BCUT2D eigenvalue weighted by atomic mass is 10.00. The summed E-state index contributed by atoms with van der Waals surface area (Å²) in [6.45, 7) is 6.44. The monoisotopic (exact) mass is 682 g/mol. The van der Waals surface area contributed by atoms with Crippen molar-refractivity contribution >= 4 is 38.9 Å². The molecule has 7 aromatic carbocycles. The third kappa shape index (κ3) is 5.84. The van der Waals surface area contributed by atoms with E-state index in [1.165, 1.54) is 21.9 Å². The van der Waals surface area contributed by atoms with Crippen LogP contribution in [0.2, 0.25) is 0 Å². The fraction of sp³-hybridized carbons (Fsp3) is 0.0612. The molecule has 0 aliphatic carbocycles. The molecular formula is C49H38N4. The van der Waals surface area contributed by atoms with Gasteiger partial charge in [-0.15, -0.1) is 0 Å². The molecule has 0 bridgehead atoms. The van der Waals surface area contributed by atoms with E-state index in [1.807, 2.05) is 0 Å². The number of para-hydroxylation sites is 3. The van der Waals surface area contributed by atoms with Crippen molar-refractivity contribution in [3.63, 3.8) is 0 Å². The minimum atomic E-state index is 0.737. The second-order valence-corrected chi connectivity index (χ2v) is 13.7. The van der Waals surface area contributed by atoms with E-state index >= 15 is 0 Å². The van der Waals surface area contributed by atoms with E-state index in [2.05, 4.69) is 206 Å². The van der Waals surface area contributed by atoms with Crippen LogP contribution in [0.4, 0.5) is 17.1 Å². The molecule has 0 N–H and O–H groups in total. The Morgan fingerprint density at radius 3 is 1.58 bits per heavy atom. The Balaban J connectivity index is 1.18. The van der Waals surface area contributed by atoms with Crippen molar-refractivity contribution in [3.05, 3.63) is 193 Å². The van der Waals surface area contributed by atoms with Gasteiger partial charge < -0.3 is 9.47 Å². The maximum atomic E-state index is 5.20. The highest BCUT2D eigenvalue weighted by Gasteiger charge is 2.19. The van der Waals surface area contributed by atoms with Crippen LogP contribution < -0.4 is 4.90 Å². The molecule has 0 aliphatic rings. The van der Waals surface area contributed by atoms with Crippen molar-refractivity contribution in [3.8, 4) is 39.6 Å². The van der Waals surface area contributed by atoms with Gasteiger partial charge in [-0.2, -0.15) is 0 Å². The molecule has 0 amide bonds. The molecule has 0 aliphatic heterocycles. The second kappa shape index (κ2) is 13.4. The van der Waals surface area contributed by atoms with Crippen LogP contribution in [-0.2, 0) is 0 Å². The molecule has 0 saturated heterocycles. The smallest absolute Gasteiger partial charge is 0.160 e. The number of benzene rings is 7. The molecule has 53 heavy (non-hydrogen) atoms. The molecule has 0 spiro atoms. The predicted molar refractivity (Wildman–Crippen MR) is 222 cm³/mol. The Hall–Kier alpha value is -6.78. The summed E-state index contributed by atoms with van der Waals surface area (Å²) in [7, 11) is 0. The zero-order chi connectivity index (χ0) is 35.9. The molecule has 0 radical (unpaired) electrons. The molecule has 0 unspecified atom stereocenters. The van der Waals surface area contributed by atoms with E-state index in [0.29, 0.717) is 0 Å². The first kappa shape index (κ1) is 32.1. The van der Waals surface area contributed by atoms with Crippen LogP contribution in [0.1, 0.15) is 16.7 Å². The van der Waals surface area contributed by atoms with E-state index in [4.69, 9.17) is 9.97 Å². The highest BCUT2D eigenvalue weighted by atomic mass is 15.1. The molecule has 2 aromatic heterocycles. The average Bonchev–Trinajstić information content (AvgIpc) is 3.53. The van der Waals surface area contributed by atoms with E-state index in [-0.39, 0.29) is 0 Å². The molecule has 0 saturated carbocycles. The lowest BCUT2D eigenvalue weighted by Crippen LogP contribution is -2.09. The SMILES string of the molecule is Cc1ccccc1-c1cc(-c2ccc(-n3c4ccccc4c4cc(N(c5ccccc5)c5ccccc5)ccc43)cc2C)nc(-c2ccccc2C)n1. The number of nitrogens with zero attached hydrogens (tertiary/aromatic N) is 4. The van der Waals surface area contributed by atoms with Gasteiger partial charge in [0, 0.05) is 50.2 Å². The summed E-state index contributed by atoms with van der Waals surface area (Å²) < 4.78 is 2.39. The Bertz CT molecular complexity index is 2660. The standard InChI is InChI=1S/C49H38N4/c1-33-16-10-12-22-40(33)45-32-46(51-49(50-45)42-23-13-11-17-34(42)2)41-28-26-38(30-35(41)3)53-47-25-15-14-24-43(47)44-31-39(27-29-48(44)53)52(36-18-6-4-7-19-36)37-20-8-5-9-21-37/h4-32H,1-3H3. The Labute approximate surface area is 310 Å². The molecule has 0 atom stereocenters. The molecule has 9 rings (SSSR count). The number of aromatic nitrogens is 3. The first-order chi connectivity index (χ1) is 26.0. The topological polar surface area (TPSA) is 34.0 Å². The Morgan fingerprint density at radius 2 is 0.943 bits per heavy atom.